The van der Waals surface area contributed by atoms with Crippen LogP contribution in [0.2, 0.25) is 0 Å². The molecule has 1 fully saturated rings. The van der Waals surface area contributed by atoms with Crippen LogP contribution in [0.3, 0.4) is 0 Å². The molecule has 1 aliphatic rings. The van der Waals surface area contributed by atoms with Crippen molar-refractivity contribution in [2.75, 3.05) is 13.1 Å². The number of hydrogen-bond donors (Lipinski definition) is 2. The molecule has 1 heterocycles. The molecule has 3 N–H and O–H groups in total. The van der Waals surface area contributed by atoms with Crippen molar-refractivity contribution in [3.8, 4) is 0 Å². The lowest BCUT2D eigenvalue weighted by Gasteiger charge is -2.12. The van der Waals surface area contributed by atoms with Crippen LogP contribution in [-0.2, 0) is 9.53 Å². The average Bonchev–Trinajstić information content (AvgIpc) is 2.85. The first-order valence-corrected chi connectivity index (χ1v) is 7.76. The fourth-order valence-corrected chi connectivity index (χ4v) is 2.43. The van der Waals surface area contributed by atoms with Crippen LogP contribution in [0.15, 0.2) is 0 Å². The van der Waals surface area contributed by atoms with Crippen molar-refractivity contribution in [1.29, 1.82) is 0 Å². The second-order valence-corrected chi connectivity index (χ2v) is 5.95. The van der Waals surface area contributed by atoms with Gasteiger partial charge in [-0.15, -0.1) is 0 Å². The van der Waals surface area contributed by atoms with Crippen molar-refractivity contribution in [3.63, 3.8) is 0 Å². The Morgan fingerprint density at radius 1 is 1.26 bits per heavy atom. The molecule has 0 saturated carbocycles. The predicted octanol–water partition coefficient (Wildman–Crippen LogP) is 2.22. The van der Waals surface area contributed by atoms with Crippen LogP contribution in [-0.4, -0.2) is 31.2 Å². The van der Waals surface area contributed by atoms with Crippen LogP contribution in [0.25, 0.3) is 0 Å². The Balaban J connectivity index is 1.96. The number of nitrogens with one attached hydrogen (secondary N) is 1. The Morgan fingerprint density at radius 3 is 2.63 bits per heavy atom. The standard InChI is InChI=1S/C15H30N2O2/c1-12(2)7-5-3-4-6-10-17-15(18)14-9-8-13(11-16)19-14/h12-14H,3-11,16H2,1-2H3,(H,17,18)/t13-,14+/m1/s1. The maximum atomic E-state index is 11.8. The van der Waals surface area contributed by atoms with Crippen LogP contribution in [0, 0.1) is 5.92 Å². The molecule has 1 rings (SSSR count). The number of carbonyl (C=O) groups is 1. The van der Waals surface area contributed by atoms with Gasteiger partial charge < -0.3 is 15.8 Å². The molecule has 0 aliphatic carbocycles. The highest BCUT2D eigenvalue weighted by molar-refractivity contribution is 5.80. The minimum Gasteiger partial charge on any atom is -0.364 e. The van der Waals surface area contributed by atoms with Crippen molar-refractivity contribution in [1.82, 2.24) is 5.32 Å². The lowest BCUT2D eigenvalue weighted by atomic mass is 10.0. The van der Waals surface area contributed by atoms with E-state index in [1.165, 1.54) is 25.7 Å². The van der Waals surface area contributed by atoms with E-state index < -0.39 is 0 Å². The molecule has 2 atom stereocenters. The van der Waals surface area contributed by atoms with Gasteiger partial charge in [0.25, 0.3) is 0 Å². The Bertz CT molecular complexity index is 257. The minimum absolute atomic E-state index is 0.0399. The van der Waals surface area contributed by atoms with Crippen molar-refractivity contribution in [2.45, 2.75) is 71.0 Å². The highest BCUT2D eigenvalue weighted by atomic mass is 16.5. The van der Waals surface area contributed by atoms with Crippen LogP contribution < -0.4 is 11.1 Å². The monoisotopic (exact) mass is 270 g/mol. The largest absolute Gasteiger partial charge is 0.364 e. The van der Waals surface area contributed by atoms with E-state index in [2.05, 4.69) is 19.2 Å². The van der Waals surface area contributed by atoms with Crippen molar-refractivity contribution >= 4 is 5.91 Å². The molecule has 1 amide bonds. The van der Waals surface area contributed by atoms with Gasteiger partial charge in [0.05, 0.1) is 6.10 Å². The molecule has 4 nitrogen and oxygen atoms in total. The molecule has 19 heavy (non-hydrogen) atoms. The molecule has 0 spiro atoms. The molecular formula is C15H30N2O2. The second kappa shape index (κ2) is 9.32. The van der Waals surface area contributed by atoms with Crippen molar-refractivity contribution in [2.24, 2.45) is 11.7 Å². The molecule has 0 radical (unpaired) electrons. The number of amides is 1. The van der Waals surface area contributed by atoms with Gasteiger partial charge >= 0.3 is 0 Å². The Kier molecular flexibility index (Phi) is 8.07. The van der Waals surface area contributed by atoms with Gasteiger partial charge in [0, 0.05) is 13.1 Å². The van der Waals surface area contributed by atoms with E-state index in [4.69, 9.17) is 10.5 Å². The summed E-state index contributed by atoms with van der Waals surface area (Å²) in [4.78, 5) is 11.8. The quantitative estimate of drug-likeness (QED) is 0.631. The van der Waals surface area contributed by atoms with Crippen LogP contribution in [0.1, 0.15) is 58.8 Å². The zero-order valence-corrected chi connectivity index (χ0v) is 12.5. The SMILES string of the molecule is CC(C)CCCCCCNC(=O)[C@@H]1CC[C@H](CN)O1. The van der Waals surface area contributed by atoms with E-state index in [1.807, 2.05) is 0 Å². The normalized spacial score (nSPS) is 22.9. The van der Waals surface area contributed by atoms with E-state index in [-0.39, 0.29) is 18.1 Å². The Hall–Kier alpha value is -0.610. The Labute approximate surface area is 117 Å². The summed E-state index contributed by atoms with van der Waals surface area (Å²) in [7, 11) is 0. The first kappa shape index (κ1) is 16.4. The van der Waals surface area contributed by atoms with Gasteiger partial charge in [0.15, 0.2) is 0 Å². The third-order valence-corrected chi connectivity index (χ3v) is 3.67. The first-order chi connectivity index (χ1) is 9.13. The van der Waals surface area contributed by atoms with E-state index in [0.29, 0.717) is 6.54 Å². The lowest BCUT2D eigenvalue weighted by molar-refractivity contribution is -0.131. The zero-order valence-electron chi connectivity index (χ0n) is 12.5. The highest BCUT2D eigenvalue weighted by Crippen LogP contribution is 2.18. The topological polar surface area (TPSA) is 64.4 Å². The fourth-order valence-electron chi connectivity index (χ4n) is 2.43. The van der Waals surface area contributed by atoms with E-state index in [1.54, 1.807) is 0 Å². The molecule has 0 aromatic rings. The predicted molar refractivity (Wildman–Crippen MR) is 77.9 cm³/mol. The molecule has 4 heteroatoms. The van der Waals surface area contributed by atoms with Gasteiger partial charge in [-0.1, -0.05) is 39.5 Å². The van der Waals surface area contributed by atoms with Crippen LogP contribution in [0.4, 0.5) is 0 Å². The summed E-state index contributed by atoms with van der Waals surface area (Å²) < 4.78 is 5.56. The molecular weight excluding hydrogens is 240 g/mol. The van der Waals surface area contributed by atoms with Gasteiger partial charge in [-0.05, 0) is 25.2 Å². The Morgan fingerprint density at radius 2 is 2.00 bits per heavy atom. The van der Waals surface area contributed by atoms with Gasteiger partial charge in [-0.2, -0.15) is 0 Å². The number of nitrogens with two attached hydrogens (primary N) is 1. The third kappa shape index (κ3) is 6.92. The van der Waals surface area contributed by atoms with E-state index >= 15 is 0 Å². The molecule has 0 unspecified atom stereocenters. The number of rotatable bonds is 9. The molecule has 1 saturated heterocycles. The van der Waals surface area contributed by atoms with Crippen LogP contribution in [0.5, 0.6) is 0 Å². The maximum Gasteiger partial charge on any atom is 0.249 e. The number of hydrogen-bond acceptors (Lipinski definition) is 3. The van der Waals surface area contributed by atoms with Crippen LogP contribution >= 0.6 is 0 Å². The maximum absolute atomic E-state index is 11.8. The van der Waals surface area contributed by atoms with Gasteiger partial charge in [-0.25, -0.2) is 0 Å². The third-order valence-electron chi connectivity index (χ3n) is 3.67. The number of ether oxygens (including phenoxy) is 1. The van der Waals surface area contributed by atoms with E-state index in [9.17, 15) is 4.79 Å². The molecule has 0 bridgehead atoms. The summed E-state index contributed by atoms with van der Waals surface area (Å²) in [5.41, 5.74) is 5.53. The molecule has 112 valence electrons. The van der Waals surface area contributed by atoms with E-state index in [0.717, 1.165) is 31.7 Å². The summed E-state index contributed by atoms with van der Waals surface area (Å²) >= 11 is 0. The van der Waals surface area contributed by atoms with Gasteiger partial charge in [0.1, 0.15) is 6.10 Å². The first-order valence-electron chi connectivity index (χ1n) is 7.76. The minimum atomic E-state index is -0.269. The summed E-state index contributed by atoms with van der Waals surface area (Å²) in [6.45, 7) is 5.81. The lowest BCUT2D eigenvalue weighted by Crippen LogP contribution is -2.36. The number of carbonyl (C=O) groups excluding carboxylic acids is 1. The second-order valence-electron chi connectivity index (χ2n) is 5.95. The van der Waals surface area contributed by atoms with Gasteiger partial charge in [0.2, 0.25) is 5.91 Å². The van der Waals surface area contributed by atoms with Gasteiger partial charge in [-0.3, -0.25) is 4.79 Å². The van der Waals surface area contributed by atoms with Crippen molar-refractivity contribution in [3.05, 3.63) is 0 Å². The summed E-state index contributed by atoms with van der Waals surface area (Å²) in [6, 6.07) is 0. The summed E-state index contributed by atoms with van der Waals surface area (Å²) in [5, 5.41) is 2.96. The fraction of sp³-hybridized carbons (Fsp3) is 0.933. The molecule has 0 aromatic carbocycles. The smallest absolute Gasteiger partial charge is 0.249 e. The zero-order chi connectivity index (χ0) is 14.1. The average molecular weight is 270 g/mol. The molecule has 1 aliphatic heterocycles. The molecule has 0 aromatic heterocycles. The summed E-state index contributed by atoms with van der Waals surface area (Å²) in [6.07, 6.45) is 7.66. The number of unbranched alkanes of at least 4 members (excludes halogenated alkanes) is 3. The highest BCUT2D eigenvalue weighted by Gasteiger charge is 2.29. The van der Waals surface area contributed by atoms with Crippen molar-refractivity contribution < 1.29 is 9.53 Å². The summed E-state index contributed by atoms with van der Waals surface area (Å²) in [5.74, 6) is 0.841.